The van der Waals surface area contributed by atoms with Gasteiger partial charge in [0, 0.05) is 12.2 Å². The molecule has 0 spiro atoms. The SMILES string of the molecule is CC(SCC(=O)Nc1ccc(F)cc1)C(=O)NCCC12CC3CC(CC(C3)C1)C2. The molecule has 1 aromatic rings. The first kappa shape index (κ1) is 20.7. The molecule has 0 saturated heterocycles. The lowest BCUT2D eigenvalue weighted by Gasteiger charge is -2.57. The van der Waals surface area contributed by atoms with Crippen molar-refractivity contribution in [1.29, 1.82) is 0 Å². The highest BCUT2D eigenvalue weighted by atomic mass is 32.2. The number of nitrogens with one attached hydrogen (secondary N) is 2. The molecule has 2 N–H and O–H groups in total. The third-order valence-electron chi connectivity index (χ3n) is 7.08. The van der Waals surface area contributed by atoms with E-state index in [2.05, 4.69) is 10.6 Å². The van der Waals surface area contributed by atoms with Gasteiger partial charge in [-0.3, -0.25) is 9.59 Å². The maximum Gasteiger partial charge on any atom is 0.234 e. The first-order valence-electron chi connectivity index (χ1n) is 10.9. The Kier molecular flexibility index (Phi) is 6.19. The van der Waals surface area contributed by atoms with Crippen LogP contribution in [0, 0.1) is 29.0 Å². The number of thioether (sulfide) groups is 1. The molecule has 158 valence electrons. The molecule has 4 bridgehead atoms. The van der Waals surface area contributed by atoms with Crippen molar-refractivity contribution in [2.24, 2.45) is 23.2 Å². The van der Waals surface area contributed by atoms with E-state index in [0.717, 1.165) is 30.7 Å². The normalized spacial score (nSPS) is 30.8. The van der Waals surface area contributed by atoms with Crippen molar-refractivity contribution in [2.45, 2.75) is 57.1 Å². The fraction of sp³-hybridized carbons (Fsp3) is 0.652. The predicted molar refractivity (Wildman–Crippen MR) is 115 cm³/mol. The number of rotatable bonds is 8. The van der Waals surface area contributed by atoms with Crippen LogP contribution in [0.4, 0.5) is 10.1 Å². The summed E-state index contributed by atoms with van der Waals surface area (Å²) in [4.78, 5) is 24.5. The summed E-state index contributed by atoms with van der Waals surface area (Å²) in [5.41, 5.74) is 1.04. The van der Waals surface area contributed by atoms with Crippen molar-refractivity contribution >= 4 is 29.3 Å². The third kappa shape index (κ3) is 5.14. The number of anilines is 1. The molecule has 1 aromatic carbocycles. The van der Waals surface area contributed by atoms with Gasteiger partial charge >= 0.3 is 0 Å². The summed E-state index contributed by atoms with van der Waals surface area (Å²) >= 11 is 1.33. The summed E-state index contributed by atoms with van der Waals surface area (Å²) in [6.45, 7) is 2.59. The Morgan fingerprint density at radius 3 is 2.28 bits per heavy atom. The zero-order valence-electron chi connectivity index (χ0n) is 17.1. The van der Waals surface area contributed by atoms with Crippen molar-refractivity contribution in [2.75, 3.05) is 17.6 Å². The van der Waals surface area contributed by atoms with Gasteiger partial charge in [0.2, 0.25) is 11.8 Å². The van der Waals surface area contributed by atoms with E-state index in [0.29, 0.717) is 11.1 Å². The molecule has 4 fully saturated rings. The fourth-order valence-electron chi connectivity index (χ4n) is 6.20. The molecule has 4 aliphatic rings. The van der Waals surface area contributed by atoms with Crippen molar-refractivity contribution < 1.29 is 14.0 Å². The first-order valence-corrected chi connectivity index (χ1v) is 11.9. The number of carbonyl (C=O) groups is 2. The number of hydrogen-bond acceptors (Lipinski definition) is 3. The molecule has 2 amide bonds. The summed E-state index contributed by atoms with van der Waals surface area (Å²) in [6, 6.07) is 5.67. The van der Waals surface area contributed by atoms with Gasteiger partial charge in [-0.2, -0.15) is 0 Å². The number of benzene rings is 1. The second-order valence-electron chi connectivity index (χ2n) is 9.47. The summed E-state index contributed by atoms with van der Waals surface area (Å²) in [5.74, 6) is 2.49. The monoisotopic (exact) mass is 418 g/mol. The van der Waals surface area contributed by atoms with Crippen LogP contribution < -0.4 is 10.6 Å². The highest BCUT2D eigenvalue weighted by molar-refractivity contribution is 8.01. The van der Waals surface area contributed by atoms with Crippen molar-refractivity contribution in [3.05, 3.63) is 30.1 Å². The molecule has 1 unspecified atom stereocenters. The van der Waals surface area contributed by atoms with Crippen LogP contribution in [0.5, 0.6) is 0 Å². The first-order chi connectivity index (χ1) is 13.9. The smallest absolute Gasteiger partial charge is 0.234 e. The van der Waals surface area contributed by atoms with Crippen LogP contribution in [-0.2, 0) is 9.59 Å². The minimum absolute atomic E-state index is 0.00862. The Balaban J connectivity index is 1.16. The fourth-order valence-corrected chi connectivity index (χ4v) is 6.91. The van der Waals surface area contributed by atoms with Gasteiger partial charge < -0.3 is 10.6 Å². The topological polar surface area (TPSA) is 58.2 Å². The van der Waals surface area contributed by atoms with Crippen LogP contribution in [0.25, 0.3) is 0 Å². The van der Waals surface area contributed by atoms with Crippen molar-refractivity contribution in [1.82, 2.24) is 5.32 Å². The molecule has 1 atom stereocenters. The van der Waals surface area contributed by atoms with Gasteiger partial charge in [0.15, 0.2) is 0 Å². The third-order valence-corrected chi connectivity index (χ3v) is 8.22. The van der Waals surface area contributed by atoms with Gasteiger partial charge in [-0.05, 0) is 99.3 Å². The average molecular weight is 419 g/mol. The number of amides is 2. The van der Waals surface area contributed by atoms with E-state index in [4.69, 9.17) is 0 Å². The van der Waals surface area contributed by atoms with Crippen LogP contribution in [0.15, 0.2) is 24.3 Å². The largest absolute Gasteiger partial charge is 0.355 e. The lowest BCUT2D eigenvalue weighted by molar-refractivity contribution is -0.120. The Morgan fingerprint density at radius 2 is 1.69 bits per heavy atom. The van der Waals surface area contributed by atoms with Gasteiger partial charge in [-0.1, -0.05) is 0 Å². The molecule has 0 heterocycles. The van der Waals surface area contributed by atoms with E-state index in [1.54, 1.807) is 0 Å². The van der Waals surface area contributed by atoms with E-state index in [-0.39, 0.29) is 28.6 Å². The molecule has 0 radical (unpaired) electrons. The van der Waals surface area contributed by atoms with Gasteiger partial charge in [-0.25, -0.2) is 4.39 Å². The molecule has 6 heteroatoms. The second-order valence-corrected chi connectivity index (χ2v) is 10.8. The van der Waals surface area contributed by atoms with E-state index >= 15 is 0 Å². The molecular formula is C23H31FN2O2S. The van der Waals surface area contributed by atoms with Crippen LogP contribution in [-0.4, -0.2) is 29.4 Å². The van der Waals surface area contributed by atoms with E-state index in [1.807, 2.05) is 6.92 Å². The lowest BCUT2D eigenvalue weighted by atomic mass is 9.49. The molecule has 4 saturated carbocycles. The van der Waals surface area contributed by atoms with E-state index in [1.165, 1.54) is 74.6 Å². The molecule has 5 rings (SSSR count). The van der Waals surface area contributed by atoms with Gasteiger partial charge in [0.1, 0.15) is 5.82 Å². The zero-order valence-corrected chi connectivity index (χ0v) is 17.9. The molecule has 0 aliphatic heterocycles. The molecule has 4 nitrogen and oxygen atoms in total. The summed E-state index contributed by atoms with van der Waals surface area (Å²) in [6.07, 6.45) is 9.52. The minimum atomic E-state index is -0.337. The quantitative estimate of drug-likeness (QED) is 0.648. The molecule has 29 heavy (non-hydrogen) atoms. The summed E-state index contributed by atoms with van der Waals surface area (Å²) < 4.78 is 12.9. The Labute approximate surface area is 176 Å². The maximum atomic E-state index is 12.9. The molecule has 0 aromatic heterocycles. The van der Waals surface area contributed by atoms with Crippen LogP contribution in [0.2, 0.25) is 0 Å². The minimum Gasteiger partial charge on any atom is -0.355 e. The Morgan fingerprint density at radius 1 is 1.10 bits per heavy atom. The van der Waals surface area contributed by atoms with Gasteiger partial charge in [0.25, 0.3) is 0 Å². The Hall–Kier alpha value is -1.56. The highest BCUT2D eigenvalue weighted by Gasteiger charge is 2.50. The van der Waals surface area contributed by atoms with Crippen LogP contribution in [0.1, 0.15) is 51.9 Å². The molecule has 4 aliphatic carbocycles. The molecular weight excluding hydrogens is 387 g/mol. The Bertz CT molecular complexity index is 716. The maximum absolute atomic E-state index is 12.9. The summed E-state index contributed by atoms with van der Waals surface area (Å²) in [5, 5.41) is 5.55. The lowest BCUT2D eigenvalue weighted by Crippen LogP contribution is -2.47. The van der Waals surface area contributed by atoms with Crippen molar-refractivity contribution in [3.8, 4) is 0 Å². The van der Waals surface area contributed by atoms with Crippen molar-refractivity contribution in [3.63, 3.8) is 0 Å². The van der Waals surface area contributed by atoms with E-state index in [9.17, 15) is 14.0 Å². The number of halogens is 1. The van der Waals surface area contributed by atoms with Gasteiger partial charge in [0.05, 0.1) is 11.0 Å². The average Bonchev–Trinajstić information content (AvgIpc) is 2.66. The highest BCUT2D eigenvalue weighted by Crippen LogP contribution is 2.61. The van der Waals surface area contributed by atoms with E-state index < -0.39 is 0 Å². The summed E-state index contributed by atoms with van der Waals surface area (Å²) in [7, 11) is 0. The number of carbonyl (C=O) groups excluding carboxylic acids is 2. The second kappa shape index (κ2) is 8.66. The zero-order chi connectivity index (χ0) is 20.4. The van der Waals surface area contributed by atoms with Gasteiger partial charge in [-0.15, -0.1) is 11.8 Å². The number of hydrogen-bond donors (Lipinski definition) is 2. The van der Waals surface area contributed by atoms with Crippen LogP contribution >= 0.6 is 11.8 Å². The standard InChI is InChI=1S/C23H31FN2O2S/c1-15(29-14-21(27)26-20-4-2-19(24)3-5-20)22(28)25-7-6-23-11-16-8-17(12-23)10-18(9-16)13-23/h2-5,15-18H,6-14H2,1H3,(H,25,28)(H,26,27). The van der Waals surface area contributed by atoms with Crippen LogP contribution in [0.3, 0.4) is 0 Å². The predicted octanol–water partition coefficient (Wildman–Crippen LogP) is 4.61.